The molecule has 0 aromatic heterocycles. The Balaban J connectivity index is 3.78. The van der Waals surface area contributed by atoms with E-state index in [9.17, 15) is 44.6 Å². The predicted octanol–water partition coefficient (Wildman–Crippen LogP) is 9.89. The quantitative estimate of drug-likeness (QED) is 0.00995. The molecule has 7 N–H and O–H groups in total. The molecule has 372 valence electrons. The van der Waals surface area contributed by atoms with Crippen molar-refractivity contribution in [2.45, 2.75) is 243 Å². The fourth-order valence-corrected chi connectivity index (χ4v) is 8.33. The van der Waals surface area contributed by atoms with Crippen molar-refractivity contribution in [1.29, 1.82) is 0 Å². The number of hydrogen-bond donors (Lipinski definition) is 7. The van der Waals surface area contributed by atoms with E-state index >= 15 is 0 Å². The summed E-state index contributed by atoms with van der Waals surface area (Å²) in [7, 11) is -4.88. The van der Waals surface area contributed by atoms with Crippen molar-refractivity contribution < 1.29 is 63.5 Å². The Morgan fingerprint density at radius 3 is 1.48 bits per heavy atom. The van der Waals surface area contributed by atoms with Gasteiger partial charge in [0.15, 0.2) is 5.78 Å². The average Bonchev–Trinajstić information content (AvgIpc) is 3.28. The summed E-state index contributed by atoms with van der Waals surface area (Å²) in [5.41, 5.74) is 0. The van der Waals surface area contributed by atoms with E-state index in [1.165, 1.54) is 128 Å². The SMILES string of the molecule is CCCCCCCCCCCC=CCCCCCCC=CC(=O)C(CC)CCCCCCCCCCCCCCC(=O)OC[C@H](CO)OP(=O)(O)OC[C@@H](O)[C@@H](O)[C@H](O)[C@H](O)CO. The lowest BCUT2D eigenvalue weighted by atomic mass is 9.93. The minimum atomic E-state index is -4.88. The minimum Gasteiger partial charge on any atom is -0.463 e. The Kier molecular flexibility index (Phi) is 42.1. The highest BCUT2D eigenvalue weighted by molar-refractivity contribution is 7.47. The molecule has 13 nitrogen and oxygen atoms in total. The van der Waals surface area contributed by atoms with Crippen LogP contribution < -0.4 is 0 Å². The minimum absolute atomic E-state index is 0.151. The monoisotopic (exact) mass is 921 g/mol. The highest BCUT2D eigenvalue weighted by atomic mass is 31.2. The summed E-state index contributed by atoms with van der Waals surface area (Å²) < 4.78 is 26.6. The fourth-order valence-electron chi connectivity index (χ4n) is 7.42. The number of ether oxygens (including phenoxy) is 1. The Hall–Kier alpha value is -1.51. The van der Waals surface area contributed by atoms with E-state index in [0.717, 1.165) is 57.8 Å². The summed E-state index contributed by atoms with van der Waals surface area (Å²) in [6, 6.07) is 0. The van der Waals surface area contributed by atoms with Crippen LogP contribution in [-0.4, -0.2) is 104 Å². The van der Waals surface area contributed by atoms with Crippen LogP contribution in [0.4, 0.5) is 0 Å². The fraction of sp³-hybridized carbons (Fsp3) is 0.878. The number of aliphatic hydroxyl groups excluding tert-OH is 6. The molecule has 0 bridgehead atoms. The molecule has 0 aromatic rings. The highest BCUT2D eigenvalue weighted by Gasteiger charge is 2.34. The third-order valence-corrected chi connectivity index (χ3v) is 12.7. The second kappa shape index (κ2) is 43.1. The molecule has 2 unspecified atom stereocenters. The number of esters is 1. The molecule has 0 aliphatic rings. The molecule has 14 heteroatoms. The van der Waals surface area contributed by atoms with Gasteiger partial charge < -0.3 is 40.3 Å². The number of phosphoric ester groups is 1. The average molecular weight is 921 g/mol. The Morgan fingerprint density at radius 1 is 0.556 bits per heavy atom. The maximum absolute atomic E-state index is 12.7. The lowest BCUT2D eigenvalue weighted by molar-refractivity contribution is -0.147. The first-order valence-electron chi connectivity index (χ1n) is 25.0. The van der Waals surface area contributed by atoms with Crippen LogP contribution in [-0.2, 0) is 27.9 Å². The molecular formula is C49H93O13P. The zero-order valence-corrected chi connectivity index (χ0v) is 40.4. The molecule has 0 aliphatic heterocycles. The number of carbonyl (C=O) groups is 2. The van der Waals surface area contributed by atoms with E-state index in [4.69, 9.17) is 14.4 Å². The van der Waals surface area contributed by atoms with Crippen molar-refractivity contribution in [2.75, 3.05) is 26.4 Å². The number of ketones is 1. The topological polar surface area (TPSA) is 221 Å². The Labute approximate surface area is 382 Å². The number of allylic oxidation sites excluding steroid dienone is 4. The summed E-state index contributed by atoms with van der Waals surface area (Å²) in [5.74, 6) is -0.0912. The summed E-state index contributed by atoms with van der Waals surface area (Å²) in [4.78, 5) is 34.7. The number of unbranched alkanes of at least 4 members (excludes halogenated alkanes) is 25. The van der Waals surface area contributed by atoms with Crippen LogP contribution in [0.5, 0.6) is 0 Å². The van der Waals surface area contributed by atoms with E-state index in [1.807, 2.05) is 6.08 Å². The van der Waals surface area contributed by atoms with Gasteiger partial charge in [-0.1, -0.05) is 167 Å². The largest absolute Gasteiger partial charge is 0.472 e. The van der Waals surface area contributed by atoms with Crippen molar-refractivity contribution in [3.8, 4) is 0 Å². The van der Waals surface area contributed by atoms with Crippen LogP contribution >= 0.6 is 7.82 Å². The third kappa shape index (κ3) is 37.3. The van der Waals surface area contributed by atoms with Gasteiger partial charge in [0.2, 0.25) is 0 Å². The maximum atomic E-state index is 12.7. The second-order valence-corrected chi connectivity index (χ2v) is 18.8. The van der Waals surface area contributed by atoms with Crippen molar-refractivity contribution in [2.24, 2.45) is 5.92 Å². The van der Waals surface area contributed by atoms with Crippen LogP contribution in [0.2, 0.25) is 0 Å². The zero-order valence-electron chi connectivity index (χ0n) is 39.5. The molecule has 0 fully saturated rings. The molecule has 0 spiro atoms. The van der Waals surface area contributed by atoms with E-state index in [-0.39, 0.29) is 12.3 Å². The molecule has 63 heavy (non-hydrogen) atoms. The van der Waals surface area contributed by atoms with Gasteiger partial charge in [0.1, 0.15) is 37.1 Å². The molecule has 0 saturated heterocycles. The first-order chi connectivity index (χ1) is 30.4. The lowest BCUT2D eigenvalue weighted by Gasteiger charge is -2.26. The van der Waals surface area contributed by atoms with Crippen LogP contribution in [0.1, 0.15) is 213 Å². The van der Waals surface area contributed by atoms with Crippen molar-refractivity contribution in [3.63, 3.8) is 0 Å². The molecule has 0 heterocycles. The molecule has 7 atom stereocenters. The van der Waals surface area contributed by atoms with E-state index in [1.54, 1.807) is 0 Å². The second-order valence-electron chi connectivity index (χ2n) is 17.4. The van der Waals surface area contributed by atoms with Gasteiger partial charge in [-0.25, -0.2) is 4.57 Å². The van der Waals surface area contributed by atoms with E-state index < -0.39 is 70.7 Å². The molecule has 0 saturated carbocycles. The summed E-state index contributed by atoms with van der Waals surface area (Å²) in [6.07, 6.45) is 35.7. The molecular weight excluding hydrogens is 828 g/mol. The van der Waals surface area contributed by atoms with Gasteiger partial charge in [-0.15, -0.1) is 0 Å². The normalized spacial score (nSPS) is 16.0. The van der Waals surface area contributed by atoms with Gasteiger partial charge in [-0.3, -0.25) is 18.6 Å². The van der Waals surface area contributed by atoms with Crippen molar-refractivity contribution in [1.82, 2.24) is 0 Å². The number of rotatable bonds is 47. The van der Waals surface area contributed by atoms with Crippen LogP contribution in [0.15, 0.2) is 24.3 Å². The van der Waals surface area contributed by atoms with E-state index in [0.29, 0.717) is 12.2 Å². The first-order valence-corrected chi connectivity index (χ1v) is 26.5. The molecule has 0 aromatic carbocycles. The van der Waals surface area contributed by atoms with Crippen LogP contribution in [0, 0.1) is 5.92 Å². The first kappa shape index (κ1) is 61.5. The van der Waals surface area contributed by atoms with Crippen LogP contribution in [0.3, 0.4) is 0 Å². The Bertz CT molecular complexity index is 1170. The maximum Gasteiger partial charge on any atom is 0.472 e. The standard InChI is InChI=1S/C49H93O13P/c1-3-5-6-7-8-9-10-11-12-13-14-15-16-17-21-24-27-30-33-36-44(52)42(4-2)35-32-29-26-23-20-18-19-22-25-28-31-34-37-47(55)60-40-43(38-50)62-63(58,59)61-41-46(54)49(57)48(56)45(53)39-51/h14-15,33,36,42-43,45-46,48-51,53-54,56-57H,3-13,16-32,34-35,37-41H2,1-2H3,(H,58,59)/t42?,43-,45+,46+,48+,49+/m0/s1. The van der Waals surface area contributed by atoms with Gasteiger partial charge in [0.25, 0.3) is 0 Å². The lowest BCUT2D eigenvalue weighted by Crippen LogP contribution is -2.47. The van der Waals surface area contributed by atoms with Gasteiger partial charge in [0.05, 0.1) is 19.8 Å². The highest BCUT2D eigenvalue weighted by Crippen LogP contribution is 2.44. The molecule has 0 radical (unpaired) electrons. The van der Waals surface area contributed by atoms with Gasteiger partial charge in [0, 0.05) is 12.3 Å². The molecule has 0 amide bonds. The van der Waals surface area contributed by atoms with Crippen molar-refractivity contribution in [3.05, 3.63) is 24.3 Å². The zero-order chi connectivity index (χ0) is 46.8. The number of phosphoric acid groups is 1. The predicted molar refractivity (Wildman–Crippen MR) is 251 cm³/mol. The smallest absolute Gasteiger partial charge is 0.463 e. The van der Waals surface area contributed by atoms with Crippen molar-refractivity contribution >= 4 is 19.6 Å². The number of carbonyl (C=O) groups excluding carboxylic acids is 2. The molecule has 0 aliphatic carbocycles. The van der Waals surface area contributed by atoms with Crippen LogP contribution in [0.25, 0.3) is 0 Å². The summed E-state index contributed by atoms with van der Waals surface area (Å²) >= 11 is 0. The summed E-state index contributed by atoms with van der Waals surface area (Å²) in [5, 5.41) is 56.9. The number of hydrogen-bond acceptors (Lipinski definition) is 12. The third-order valence-electron chi connectivity index (χ3n) is 11.6. The van der Waals surface area contributed by atoms with Gasteiger partial charge in [-0.05, 0) is 63.9 Å². The Morgan fingerprint density at radius 2 is 1.00 bits per heavy atom. The summed E-state index contributed by atoms with van der Waals surface area (Å²) in [6.45, 7) is 1.24. The molecule has 0 rings (SSSR count). The van der Waals surface area contributed by atoms with Gasteiger partial charge in [-0.2, -0.15) is 0 Å². The number of aliphatic hydroxyl groups is 6. The van der Waals surface area contributed by atoms with Gasteiger partial charge >= 0.3 is 13.8 Å². The van der Waals surface area contributed by atoms with E-state index in [2.05, 4.69) is 36.6 Å².